The molecule has 0 aliphatic carbocycles. The Hall–Kier alpha value is -2.00. The Kier molecular flexibility index (Phi) is 4.30. The van der Waals surface area contributed by atoms with Gasteiger partial charge in [0.05, 0.1) is 11.5 Å². The highest BCUT2D eigenvalue weighted by Gasteiger charge is 2.33. The number of aromatic nitrogens is 2. The van der Waals surface area contributed by atoms with Crippen LogP contribution < -0.4 is 10.6 Å². The van der Waals surface area contributed by atoms with Crippen molar-refractivity contribution in [2.45, 2.75) is 18.9 Å². The predicted molar refractivity (Wildman–Crippen MR) is 71.7 cm³/mol. The summed E-state index contributed by atoms with van der Waals surface area (Å²) in [5.41, 5.74) is -1.24. The Balaban J connectivity index is 2.14. The molecule has 1 saturated heterocycles. The summed E-state index contributed by atoms with van der Waals surface area (Å²) in [6, 6.07) is 0. The largest absolute Gasteiger partial charge is 0.386 e. The van der Waals surface area contributed by atoms with Crippen molar-refractivity contribution in [1.29, 1.82) is 0 Å². The van der Waals surface area contributed by atoms with Gasteiger partial charge >= 0.3 is 5.69 Å². The summed E-state index contributed by atoms with van der Waals surface area (Å²) in [7, 11) is 0. The second kappa shape index (κ2) is 5.97. The highest BCUT2D eigenvalue weighted by atomic mass is 16.6. The molecule has 9 heteroatoms. The van der Waals surface area contributed by atoms with E-state index in [1.54, 1.807) is 0 Å². The van der Waals surface area contributed by atoms with Crippen molar-refractivity contribution in [3.63, 3.8) is 0 Å². The van der Waals surface area contributed by atoms with Gasteiger partial charge in [0.25, 0.3) is 0 Å². The lowest BCUT2D eigenvalue weighted by Gasteiger charge is -2.20. The Labute approximate surface area is 115 Å². The van der Waals surface area contributed by atoms with Crippen molar-refractivity contribution in [3.8, 4) is 0 Å². The Bertz CT molecular complexity index is 490. The average molecular weight is 283 g/mol. The SMILES string of the molecule is CCNc1ncc([N+](=O)[O-])c(NCC2(O)CCOC2)n1. The second-order valence-corrected chi connectivity index (χ2v) is 4.60. The van der Waals surface area contributed by atoms with Crippen LogP contribution >= 0.6 is 0 Å². The van der Waals surface area contributed by atoms with Gasteiger partial charge in [0.1, 0.15) is 11.8 Å². The molecule has 1 unspecified atom stereocenters. The molecule has 0 bridgehead atoms. The van der Waals surface area contributed by atoms with Gasteiger partial charge in [0.15, 0.2) is 0 Å². The molecular formula is C11H17N5O4. The van der Waals surface area contributed by atoms with Crippen molar-refractivity contribution in [2.75, 3.05) is 36.9 Å². The molecule has 1 aromatic rings. The molecule has 2 rings (SSSR count). The molecule has 110 valence electrons. The van der Waals surface area contributed by atoms with E-state index in [1.807, 2.05) is 6.92 Å². The quantitative estimate of drug-likeness (QED) is 0.506. The molecule has 2 heterocycles. The zero-order valence-electron chi connectivity index (χ0n) is 11.1. The highest BCUT2D eigenvalue weighted by Crippen LogP contribution is 2.24. The van der Waals surface area contributed by atoms with Crippen LogP contribution in [0.5, 0.6) is 0 Å². The summed E-state index contributed by atoms with van der Waals surface area (Å²) in [4.78, 5) is 18.3. The van der Waals surface area contributed by atoms with Crippen LogP contribution in [0.1, 0.15) is 13.3 Å². The lowest BCUT2D eigenvalue weighted by molar-refractivity contribution is -0.384. The maximum absolute atomic E-state index is 10.9. The Morgan fingerprint density at radius 2 is 2.40 bits per heavy atom. The van der Waals surface area contributed by atoms with Gasteiger partial charge in [-0.15, -0.1) is 0 Å². The predicted octanol–water partition coefficient (Wildman–Crippen LogP) is 0.380. The first kappa shape index (κ1) is 14.4. The molecule has 1 atom stereocenters. The molecule has 0 saturated carbocycles. The normalized spacial score (nSPS) is 21.7. The highest BCUT2D eigenvalue weighted by molar-refractivity contribution is 5.57. The number of ether oxygens (including phenoxy) is 1. The summed E-state index contributed by atoms with van der Waals surface area (Å²) in [6.45, 7) is 3.30. The van der Waals surface area contributed by atoms with Crippen molar-refractivity contribution in [3.05, 3.63) is 16.3 Å². The molecule has 1 fully saturated rings. The summed E-state index contributed by atoms with van der Waals surface area (Å²) in [5, 5.41) is 26.8. The first-order valence-corrected chi connectivity index (χ1v) is 6.33. The van der Waals surface area contributed by atoms with E-state index in [4.69, 9.17) is 4.74 Å². The number of nitro groups is 1. The van der Waals surface area contributed by atoms with E-state index >= 15 is 0 Å². The van der Waals surface area contributed by atoms with Crippen molar-refractivity contribution >= 4 is 17.5 Å². The average Bonchev–Trinajstić information content (AvgIpc) is 2.84. The number of nitrogens with zero attached hydrogens (tertiary/aromatic N) is 3. The first-order chi connectivity index (χ1) is 9.54. The van der Waals surface area contributed by atoms with E-state index in [-0.39, 0.29) is 24.7 Å². The van der Waals surface area contributed by atoms with E-state index in [0.29, 0.717) is 25.5 Å². The third kappa shape index (κ3) is 3.31. The minimum absolute atomic E-state index is 0.0845. The van der Waals surface area contributed by atoms with E-state index in [9.17, 15) is 15.2 Å². The Morgan fingerprint density at radius 3 is 3.00 bits per heavy atom. The molecule has 1 aliphatic rings. The standard InChI is InChI=1S/C11H17N5O4/c1-2-12-10-13-5-8(16(18)19)9(15-10)14-6-11(17)3-4-20-7-11/h5,17H,2-4,6-7H2,1H3,(H2,12,13,14,15). The molecular weight excluding hydrogens is 266 g/mol. The molecule has 1 aromatic heterocycles. The third-order valence-electron chi connectivity index (χ3n) is 2.97. The summed E-state index contributed by atoms with van der Waals surface area (Å²) in [5.74, 6) is 0.386. The molecule has 3 N–H and O–H groups in total. The van der Waals surface area contributed by atoms with Gasteiger partial charge in [-0.05, 0) is 6.92 Å². The number of aliphatic hydroxyl groups is 1. The summed E-state index contributed by atoms with van der Waals surface area (Å²) >= 11 is 0. The number of rotatable bonds is 6. The van der Waals surface area contributed by atoms with Gasteiger partial charge in [-0.2, -0.15) is 4.98 Å². The molecule has 0 aromatic carbocycles. The molecule has 1 aliphatic heterocycles. The first-order valence-electron chi connectivity index (χ1n) is 6.33. The minimum atomic E-state index is -1.02. The third-order valence-corrected chi connectivity index (χ3v) is 2.97. The fraction of sp³-hybridized carbons (Fsp3) is 0.636. The fourth-order valence-electron chi connectivity index (χ4n) is 1.87. The van der Waals surface area contributed by atoms with Gasteiger partial charge < -0.3 is 20.5 Å². The maximum Gasteiger partial charge on any atom is 0.329 e. The van der Waals surface area contributed by atoms with Crippen LogP contribution in [0.15, 0.2) is 6.20 Å². The van der Waals surface area contributed by atoms with Crippen LogP contribution in [0.4, 0.5) is 17.5 Å². The topological polar surface area (TPSA) is 122 Å². The van der Waals surface area contributed by atoms with Crippen molar-refractivity contribution in [1.82, 2.24) is 9.97 Å². The van der Waals surface area contributed by atoms with Gasteiger partial charge in [-0.25, -0.2) is 4.98 Å². The van der Waals surface area contributed by atoms with E-state index in [1.165, 1.54) is 0 Å². The second-order valence-electron chi connectivity index (χ2n) is 4.60. The molecule has 0 radical (unpaired) electrons. The van der Waals surface area contributed by atoms with Crippen molar-refractivity contribution in [2.24, 2.45) is 0 Å². The lowest BCUT2D eigenvalue weighted by Crippen LogP contribution is -2.37. The zero-order chi connectivity index (χ0) is 14.6. The number of nitrogens with one attached hydrogen (secondary N) is 2. The van der Waals surface area contributed by atoms with Crippen molar-refractivity contribution < 1.29 is 14.8 Å². The minimum Gasteiger partial charge on any atom is -0.386 e. The van der Waals surface area contributed by atoms with Gasteiger partial charge in [0, 0.05) is 26.1 Å². The van der Waals surface area contributed by atoms with Gasteiger partial charge in [0.2, 0.25) is 11.8 Å². The van der Waals surface area contributed by atoms with E-state index < -0.39 is 10.5 Å². The summed E-state index contributed by atoms with van der Waals surface area (Å²) < 4.78 is 5.12. The smallest absolute Gasteiger partial charge is 0.329 e. The van der Waals surface area contributed by atoms with E-state index in [0.717, 1.165) is 6.20 Å². The van der Waals surface area contributed by atoms with Crippen LogP contribution in [0.25, 0.3) is 0 Å². The molecule has 0 spiro atoms. The number of hydrogen-bond acceptors (Lipinski definition) is 8. The number of anilines is 2. The maximum atomic E-state index is 10.9. The van der Waals surface area contributed by atoms with Crippen LogP contribution in [0, 0.1) is 10.1 Å². The van der Waals surface area contributed by atoms with Crippen LogP contribution in [0.3, 0.4) is 0 Å². The molecule has 20 heavy (non-hydrogen) atoms. The van der Waals surface area contributed by atoms with Crippen LogP contribution in [-0.2, 0) is 4.74 Å². The number of hydrogen-bond donors (Lipinski definition) is 3. The monoisotopic (exact) mass is 283 g/mol. The fourth-order valence-corrected chi connectivity index (χ4v) is 1.87. The van der Waals surface area contributed by atoms with Gasteiger partial charge in [-0.3, -0.25) is 10.1 Å². The van der Waals surface area contributed by atoms with Crippen LogP contribution in [-0.4, -0.2) is 51.9 Å². The zero-order valence-corrected chi connectivity index (χ0v) is 11.1. The molecule has 9 nitrogen and oxygen atoms in total. The Morgan fingerprint density at radius 1 is 1.60 bits per heavy atom. The lowest BCUT2D eigenvalue weighted by atomic mass is 10.0. The molecule has 0 amide bonds. The van der Waals surface area contributed by atoms with Gasteiger partial charge in [-0.1, -0.05) is 0 Å². The van der Waals surface area contributed by atoms with E-state index in [2.05, 4.69) is 20.6 Å². The van der Waals surface area contributed by atoms with Crippen LogP contribution in [0.2, 0.25) is 0 Å². The summed E-state index contributed by atoms with van der Waals surface area (Å²) in [6.07, 6.45) is 1.63.